The molecule has 4 saturated carbocycles. The van der Waals surface area contributed by atoms with Crippen molar-refractivity contribution in [2.45, 2.75) is 117 Å². The van der Waals surface area contributed by atoms with E-state index in [0.29, 0.717) is 41.4 Å². The van der Waals surface area contributed by atoms with E-state index >= 15 is 0 Å². The zero-order chi connectivity index (χ0) is 22.8. The highest BCUT2D eigenvalue weighted by molar-refractivity contribution is 5.17. The van der Waals surface area contributed by atoms with Gasteiger partial charge in [0.2, 0.25) is 0 Å². The SMILES string of the molecule is C=C(CCC(C)C1CCC2C3C[C@@H](O)[C@@]4(O)C[C@@H](O)CCC4(C)C3CCC12C)C(C)C. The number of aliphatic hydroxyl groups is 3. The molecule has 0 heterocycles. The summed E-state index contributed by atoms with van der Waals surface area (Å²) in [5.41, 5.74) is 0.355. The van der Waals surface area contributed by atoms with E-state index in [1.54, 1.807) is 0 Å². The fourth-order valence-corrected chi connectivity index (χ4v) is 9.14. The number of hydrogen-bond acceptors (Lipinski definition) is 3. The Labute approximate surface area is 190 Å². The highest BCUT2D eigenvalue weighted by Crippen LogP contribution is 2.69. The van der Waals surface area contributed by atoms with Gasteiger partial charge in [0.15, 0.2) is 0 Å². The second-order valence-corrected chi connectivity index (χ2v) is 12.9. The zero-order valence-corrected chi connectivity index (χ0v) is 20.7. The molecule has 0 aliphatic heterocycles. The van der Waals surface area contributed by atoms with E-state index in [-0.39, 0.29) is 5.41 Å². The number of hydrogen-bond donors (Lipinski definition) is 3. The molecule has 0 amide bonds. The molecule has 10 atom stereocenters. The van der Waals surface area contributed by atoms with Gasteiger partial charge < -0.3 is 15.3 Å². The second-order valence-electron chi connectivity index (χ2n) is 12.9. The molecular weight excluding hydrogens is 384 g/mol. The van der Waals surface area contributed by atoms with Crippen LogP contribution in [0.3, 0.4) is 0 Å². The molecule has 3 heteroatoms. The van der Waals surface area contributed by atoms with Crippen molar-refractivity contribution in [1.29, 1.82) is 0 Å². The summed E-state index contributed by atoms with van der Waals surface area (Å²) in [4.78, 5) is 0. The monoisotopic (exact) mass is 432 g/mol. The first-order chi connectivity index (χ1) is 14.4. The zero-order valence-electron chi connectivity index (χ0n) is 20.7. The van der Waals surface area contributed by atoms with Crippen molar-refractivity contribution in [3.8, 4) is 0 Å². The summed E-state index contributed by atoms with van der Waals surface area (Å²) in [7, 11) is 0. The van der Waals surface area contributed by atoms with Crippen molar-refractivity contribution in [1.82, 2.24) is 0 Å². The van der Waals surface area contributed by atoms with E-state index in [2.05, 4.69) is 41.2 Å². The molecule has 0 aromatic rings. The van der Waals surface area contributed by atoms with Crippen LogP contribution < -0.4 is 0 Å². The fourth-order valence-electron chi connectivity index (χ4n) is 9.14. The summed E-state index contributed by atoms with van der Waals surface area (Å²) >= 11 is 0. The molecule has 0 aromatic carbocycles. The van der Waals surface area contributed by atoms with Crippen molar-refractivity contribution in [3.63, 3.8) is 0 Å². The van der Waals surface area contributed by atoms with E-state index in [0.717, 1.165) is 31.6 Å². The lowest BCUT2D eigenvalue weighted by Gasteiger charge is -2.65. The van der Waals surface area contributed by atoms with Crippen LogP contribution >= 0.6 is 0 Å². The lowest BCUT2D eigenvalue weighted by molar-refractivity contribution is -0.264. The molecule has 0 spiro atoms. The maximum absolute atomic E-state index is 11.6. The summed E-state index contributed by atoms with van der Waals surface area (Å²) in [5.74, 6) is 3.70. The minimum atomic E-state index is -1.12. The van der Waals surface area contributed by atoms with Gasteiger partial charge in [-0.05, 0) is 98.7 Å². The van der Waals surface area contributed by atoms with Crippen LogP contribution in [0.15, 0.2) is 12.2 Å². The molecule has 0 aromatic heterocycles. The fraction of sp³-hybridized carbons (Fsp3) is 0.929. The number of allylic oxidation sites excluding steroid dienone is 1. The van der Waals surface area contributed by atoms with Gasteiger partial charge in [0.1, 0.15) is 0 Å². The Bertz CT molecular complexity index is 688. The van der Waals surface area contributed by atoms with E-state index in [4.69, 9.17) is 0 Å². The summed E-state index contributed by atoms with van der Waals surface area (Å²) in [6.07, 6.45) is 8.88. The third-order valence-corrected chi connectivity index (χ3v) is 11.3. The molecule has 178 valence electrons. The van der Waals surface area contributed by atoms with Crippen molar-refractivity contribution in [3.05, 3.63) is 12.2 Å². The molecule has 0 radical (unpaired) electrons. The standard InChI is InChI=1S/C28H48O3/c1-17(2)18(3)7-8-19(4)22-9-10-23-21-15-25(30)28(31)16-20(29)11-14-27(28,6)24(21)12-13-26(22,23)5/h17,19-25,29-31H,3,7-16H2,1-2,4-6H3/t19?,20-,21?,22?,23?,24?,25+,26?,27?,28-/m0/s1. The van der Waals surface area contributed by atoms with E-state index in [9.17, 15) is 15.3 Å². The summed E-state index contributed by atoms with van der Waals surface area (Å²) < 4.78 is 0. The molecule has 4 aliphatic rings. The van der Waals surface area contributed by atoms with E-state index < -0.39 is 17.8 Å². The van der Waals surface area contributed by atoms with E-state index in [1.807, 2.05) is 0 Å². The molecule has 0 saturated heterocycles. The number of fused-ring (bicyclic) bond motifs is 5. The van der Waals surface area contributed by atoms with Gasteiger partial charge in [0.25, 0.3) is 0 Å². The molecular formula is C28H48O3. The van der Waals surface area contributed by atoms with Gasteiger partial charge in [-0.3, -0.25) is 0 Å². The van der Waals surface area contributed by atoms with Gasteiger partial charge in [-0.25, -0.2) is 0 Å². The molecule has 0 bridgehead atoms. The first kappa shape index (κ1) is 23.8. The van der Waals surface area contributed by atoms with Gasteiger partial charge in [0.05, 0.1) is 17.8 Å². The second kappa shape index (κ2) is 8.13. The predicted octanol–water partition coefficient (Wildman–Crippen LogP) is 5.72. The van der Waals surface area contributed by atoms with Gasteiger partial charge in [-0.15, -0.1) is 0 Å². The maximum Gasteiger partial charge on any atom is 0.0985 e. The molecule has 4 fully saturated rings. The van der Waals surface area contributed by atoms with Gasteiger partial charge >= 0.3 is 0 Å². The van der Waals surface area contributed by atoms with Crippen LogP contribution in [0.1, 0.15) is 98.8 Å². The smallest absolute Gasteiger partial charge is 0.0985 e. The largest absolute Gasteiger partial charge is 0.393 e. The third kappa shape index (κ3) is 3.56. The van der Waals surface area contributed by atoms with Crippen LogP contribution in [0.25, 0.3) is 0 Å². The molecule has 4 rings (SSSR count). The van der Waals surface area contributed by atoms with Crippen LogP contribution in [0.5, 0.6) is 0 Å². The van der Waals surface area contributed by atoms with Gasteiger partial charge in [-0.1, -0.05) is 46.8 Å². The minimum absolute atomic E-state index is 0.269. The summed E-state index contributed by atoms with van der Waals surface area (Å²) in [5, 5.41) is 33.1. The number of aliphatic hydroxyl groups excluding tert-OH is 2. The van der Waals surface area contributed by atoms with Crippen molar-refractivity contribution in [2.75, 3.05) is 0 Å². The van der Waals surface area contributed by atoms with Crippen LogP contribution in [0.4, 0.5) is 0 Å². The van der Waals surface area contributed by atoms with Gasteiger partial charge in [0, 0.05) is 11.8 Å². The first-order valence-corrected chi connectivity index (χ1v) is 13.2. The minimum Gasteiger partial charge on any atom is -0.393 e. The lowest BCUT2D eigenvalue weighted by atomic mass is 9.42. The molecule has 3 nitrogen and oxygen atoms in total. The predicted molar refractivity (Wildman–Crippen MR) is 126 cm³/mol. The highest BCUT2D eigenvalue weighted by Gasteiger charge is 2.67. The van der Waals surface area contributed by atoms with Gasteiger partial charge in [-0.2, -0.15) is 0 Å². The number of rotatable bonds is 5. The Morgan fingerprint density at radius 1 is 1.00 bits per heavy atom. The molecule has 4 aliphatic carbocycles. The van der Waals surface area contributed by atoms with Crippen molar-refractivity contribution < 1.29 is 15.3 Å². The topological polar surface area (TPSA) is 60.7 Å². The van der Waals surface area contributed by atoms with Crippen LogP contribution in [0, 0.1) is 46.3 Å². The quantitative estimate of drug-likeness (QED) is 0.487. The average molecular weight is 433 g/mol. The lowest BCUT2D eigenvalue weighted by Crippen LogP contribution is -2.68. The van der Waals surface area contributed by atoms with E-state index in [1.165, 1.54) is 37.7 Å². The van der Waals surface area contributed by atoms with Crippen molar-refractivity contribution in [2.24, 2.45) is 46.3 Å². The Kier molecular flexibility index (Phi) is 6.24. The van der Waals surface area contributed by atoms with Crippen LogP contribution in [-0.2, 0) is 0 Å². The average Bonchev–Trinajstić information content (AvgIpc) is 3.05. The Morgan fingerprint density at radius 3 is 2.39 bits per heavy atom. The normalized spacial score (nSPS) is 50.5. The molecule has 31 heavy (non-hydrogen) atoms. The third-order valence-electron chi connectivity index (χ3n) is 11.3. The Hall–Kier alpha value is -0.380. The summed E-state index contributed by atoms with van der Waals surface area (Å²) in [6, 6.07) is 0. The Balaban J connectivity index is 1.53. The first-order valence-electron chi connectivity index (χ1n) is 13.2. The molecule has 7 unspecified atom stereocenters. The highest BCUT2D eigenvalue weighted by atomic mass is 16.3. The van der Waals surface area contributed by atoms with Crippen molar-refractivity contribution >= 4 is 0 Å². The Morgan fingerprint density at radius 2 is 1.71 bits per heavy atom. The van der Waals surface area contributed by atoms with Crippen LogP contribution in [0.2, 0.25) is 0 Å². The van der Waals surface area contributed by atoms with Crippen LogP contribution in [-0.4, -0.2) is 33.1 Å². The maximum atomic E-state index is 11.6. The summed E-state index contributed by atoms with van der Waals surface area (Å²) in [6.45, 7) is 16.1. The molecule has 3 N–H and O–H groups in total.